The average Bonchev–Trinajstić information content (AvgIpc) is 2.18. The van der Waals surface area contributed by atoms with E-state index in [9.17, 15) is 9.59 Å². The van der Waals surface area contributed by atoms with E-state index in [-0.39, 0.29) is 5.91 Å². The lowest BCUT2D eigenvalue weighted by molar-refractivity contribution is -0.114. The van der Waals surface area contributed by atoms with E-state index >= 15 is 0 Å². The third kappa shape index (κ3) is 3.38. The largest absolute Gasteiger partial charge is 0.326 e. The summed E-state index contributed by atoms with van der Waals surface area (Å²) >= 11 is 0. The first-order valence-corrected chi connectivity index (χ1v) is 4.56. The minimum atomic E-state index is -0.0948. The van der Waals surface area contributed by atoms with Crippen LogP contribution in [-0.4, -0.2) is 12.2 Å². The second-order valence-electron chi connectivity index (χ2n) is 3.21. The first-order valence-electron chi connectivity index (χ1n) is 4.56. The highest BCUT2D eigenvalue weighted by Crippen LogP contribution is 2.17. The Hall–Kier alpha value is -1.90. The minimum Gasteiger partial charge on any atom is -0.326 e. The van der Waals surface area contributed by atoms with Crippen molar-refractivity contribution in [1.82, 2.24) is 0 Å². The molecule has 1 rings (SSSR count). The topological polar surface area (TPSA) is 46.2 Å². The Bertz CT molecular complexity index is 408. The summed E-state index contributed by atoms with van der Waals surface area (Å²) in [5, 5.41) is 2.72. The Balaban J connectivity index is 2.92. The number of amides is 1. The normalized spacial score (nSPS) is 10.3. The first-order chi connectivity index (χ1) is 7.13. The SMILES string of the molecule is CC(=O)Nc1ccc(/C=C/[C]=O)cc1C. The third-order valence-electron chi connectivity index (χ3n) is 1.90. The number of hydrogen-bond acceptors (Lipinski definition) is 2. The number of allylic oxidation sites excluding steroid dienone is 1. The Morgan fingerprint density at radius 1 is 1.47 bits per heavy atom. The van der Waals surface area contributed by atoms with E-state index in [0.29, 0.717) is 0 Å². The van der Waals surface area contributed by atoms with Crippen molar-refractivity contribution < 1.29 is 9.59 Å². The molecule has 0 fully saturated rings. The fraction of sp³-hybridized carbons (Fsp3) is 0.167. The Morgan fingerprint density at radius 2 is 2.20 bits per heavy atom. The van der Waals surface area contributed by atoms with Crippen LogP contribution in [0.4, 0.5) is 5.69 Å². The maximum absolute atomic E-state index is 10.8. The number of rotatable bonds is 3. The van der Waals surface area contributed by atoms with Crippen LogP contribution >= 0.6 is 0 Å². The molecule has 77 valence electrons. The molecule has 0 bridgehead atoms. The highest BCUT2D eigenvalue weighted by molar-refractivity contribution is 5.89. The summed E-state index contributed by atoms with van der Waals surface area (Å²) in [5.74, 6) is -0.0948. The molecule has 0 aromatic heterocycles. The van der Waals surface area contributed by atoms with Gasteiger partial charge in [0.25, 0.3) is 0 Å². The number of anilines is 1. The van der Waals surface area contributed by atoms with Crippen molar-refractivity contribution in [2.75, 3.05) is 5.32 Å². The number of carbonyl (C=O) groups is 1. The summed E-state index contributed by atoms with van der Waals surface area (Å²) in [4.78, 5) is 20.9. The summed E-state index contributed by atoms with van der Waals surface area (Å²) in [6, 6.07) is 5.52. The maximum atomic E-state index is 10.8. The molecule has 1 aromatic rings. The Labute approximate surface area is 88.8 Å². The van der Waals surface area contributed by atoms with Crippen LogP contribution in [0.1, 0.15) is 18.1 Å². The number of hydrogen-bond donors (Lipinski definition) is 1. The van der Waals surface area contributed by atoms with Crippen LogP contribution < -0.4 is 5.32 Å². The molecule has 1 N–H and O–H groups in total. The van der Waals surface area contributed by atoms with E-state index in [4.69, 9.17) is 0 Å². The van der Waals surface area contributed by atoms with Gasteiger partial charge in [0.15, 0.2) is 0 Å². The molecule has 0 atom stereocenters. The average molecular weight is 202 g/mol. The van der Waals surface area contributed by atoms with Gasteiger partial charge in [-0.3, -0.25) is 9.59 Å². The lowest BCUT2D eigenvalue weighted by Crippen LogP contribution is -2.06. The molecular weight excluding hydrogens is 190 g/mol. The molecule has 15 heavy (non-hydrogen) atoms. The molecule has 0 aliphatic rings. The Kier molecular flexibility index (Phi) is 3.80. The van der Waals surface area contributed by atoms with Crippen molar-refractivity contribution in [3.63, 3.8) is 0 Å². The van der Waals surface area contributed by atoms with Crippen LogP contribution in [0.5, 0.6) is 0 Å². The van der Waals surface area contributed by atoms with Gasteiger partial charge in [-0.2, -0.15) is 0 Å². The predicted octanol–water partition coefficient (Wildman–Crippen LogP) is 2.08. The zero-order valence-electron chi connectivity index (χ0n) is 8.70. The van der Waals surface area contributed by atoms with Gasteiger partial charge in [0.1, 0.15) is 0 Å². The van der Waals surface area contributed by atoms with Crippen molar-refractivity contribution in [2.45, 2.75) is 13.8 Å². The number of carbonyl (C=O) groups excluding carboxylic acids is 2. The Morgan fingerprint density at radius 3 is 2.73 bits per heavy atom. The lowest BCUT2D eigenvalue weighted by atomic mass is 10.1. The van der Waals surface area contributed by atoms with Crippen molar-refractivity contribution in [3.05, 3.63) is 35.4 Å². The molecule has 1 amide bonds. The molecule has 1 aromatic carbocycles. The zero-order chi connectivity index (χ0) is 11.3. The smallest absolute Gasteiger partial charge is 0.225 e. The van der Waals surface area contributed by atoms with Crippen LogP contribution in [0.25, 0.3) is 6.08 Å². The van der Waals surface area contributed by atoms with Crippen LogP contribution in [0.3, 0.4) is 0 Å². The van der Waals surface area contributed by atoms with Crippen LogP contribution in [0, 0.1) is 6.92 Å². The van der Waals surface area contributed by atoms with E-state index in [0.717, 1.165) is 16.8 Å². The molecule has 1 radical (unpaired) electrons. The zero-order valence-corrected chi connectivity index (χ0v) is 8.70. The number of nitrogens with one attached hydrogen (secondary N) is 1. The fourth-order valence-corrected chi connectivity index (χ4v) is 1.25. The summed E-state index contributed by atoms with van der Waals surface area (Å²) < 4.78 is 0. The fourth-order valence-electron chi connectivity index (χ4n) is 1.25. The van der Waals surface area contributed by atoms with Gasteiger partial charge in [0, 0.05) is 12.6 Å². The van der Waals surface area contributed by atoms with Crippen molar-refractivity contribution >= 4 is 24.0 Å². The minimum absolute atomic E-state index is 0.0948. The molecule has 0 heterocycles. The van der Waals surface area contributed by atoms with Gasteiger partial charge in [0.2, 0.25) is 12.2 Å². The second kappa shape index (κ2) is 5.10. The van der Waals surface area contributed by atoms with Crippen molar-refractivity contribution in [2.24, 2.45) is 0 Å². The quantitative estimate of drug-likeness (QED) is 0.763. The molecular formula is C12H12NO2. The van der Waals surface area contributed by atoms with Gasteiger partial charge < -0.3 is 5.32 Å². The van der Waals surface area contributed by atoms with E-state index in [1.165, 1.54) is 13.0 Å². The van der Waals surface area contributed by atoms with Gasteiger partial charge in [0.05, 0.1) is 0 Å². The van der Waals surface area contributed by atoms with Gasteiger partial charge in [-0.15, -0.1) is 0 Å². The summed E-state index contributed by atoms with van der Waals surface area (Å²) in [6.07, 6.45) is 4.66. The summed E-state index contributed by atoms with van der Waals surface area (Å²) in [5.41, 5.74) is 2.65. The molecule has 3 nitrogen and oxygen atoms in total. The van der Waals surface area contributed by atoms with Crippen molar-refractivity contribution in [3.8, 4) is 0 Å². The maximum Gasteiger partial charge on any atom is 0.225 e. The molecule has 0 spiro atoms. The highest BCUT2D eigenvalue weighted by atomic mass is 16.1. The summed E-state index contributed by atoms with van der Waals surface area (Å²) in [6.45, 7) is 3.36. The van der Waals surface area contributed by atoms with E-state index in [1.54, 1.807) is 18.4 Å². The lowest BCUT2D eigenvalue weighted by Gasteiger charge is -2.06. The molecule has 0 aliphatic carbocycles. The number of benzene rings is 1. The van der Waals surface area contributed by atoms with E-state index in [2.05, 4.69) is 5.32 Å². The molecule has 0 aliphatic heterocycles. The van der Waals surface area contributed by atoms with Crippen LogP contribution in [0.15, 0.2) is 24.3 Å². The van der Waals surface area contributed by atoms with Gasteiger partial charge >= 0.3 is 0 Å². The molecule has 0 saturated carbocycles. The van der Waals surface area contributed by atoms with Crippen LogP contribution in [0.2, 0.25) is 0 Å². The second-order valence-corrected chi connectivity index (χ2v) is 3.21. The molecule has 0 unspecified atom stereocenters. The summed E-state index contributed by atoms with van der Waals surface area (Å²) in [7, 11) is 0. The number of aryl methyl sites for hydroxylation is 1. The van der Waals surface area contributed by atoms with Gasteiger partial charge in [-0.1, -0.05) is 12.1 Å². The molecule has 3 heteroatoms. The van der Waals surface area contributed by atoms with E-state index in [1.807, 2.05) is 19.1 Å². The van der Waals surface area contributed by atoms with Crippen LogP contribution in [-0.2, 0) is 9.59 Å². The first kappa shape index (κ1) is 11.2. The standard InChI is InChI=1S/C12H12NO2/c1-9-8-11(4-3-7-14)5-6-12(9)13-10(2)15/h3-6,8H,1-2H3,(H,13,15)/b4-3+. The van der Waals surface area contributed by atoms with E-state index < -0.39 is 0 Å². The predicted molar refractivity (Wildman–Crippen MR) is 60.2 cm³/mol. The monoisotopic (exact) mass is 202 g/mol. The highest BCUT2D eigenvalue weighted by Gasteiger charge is 1.99. The van der Waals surface area contributed by atoms with Gasteiger partial charge in [-0.25, -0.2) is 0 Å². The van der Waals surface area contributed by atoms with Crippen molar-refractivity contribution in [1.29, 1.82) is 0 Å². The van der Waals surface area contributed by atoms with Gasteiger partial charge in [-0.05, 0) is 36.3 Å². The third-order valence-corrected chi connectivity index (χ3v) is 1.90. The molecule has 0 saturated heterocycles.